The van der Waals surface area contributed by atoms with Gasteiger partial charge in [0.15, 0.2) is 5.65 Å². The van der Waals surface area contributed by atoms with E-state index in [1.165, 1.54) is 12.8 Å². The molecule has 2 aliphatic rings. The number of rotatable bonds is 2. The predicted octanol–water partition coefficient (Wildman–Crippen LogP) is 3.38. The van der Waals surface area contributed by atoms with Crippen LogP contribution in [-0.2, 0) is 0 Å². The largest absolute Gasteiger partial charge is 0.355 e. The lowest BCUT2D eigenvalue weighted by atomic mass is 9.60. The van der Waals surface area contributed by atoms with Gasteiger partial charge in [-0.3, -0.25) is 5.10 Å². The average molecular weight is 369 g/mol. The summed E-state index contributed by atoms with van der Waals surface area (Å²) in [5.74, 6) is 0.898. The molecule has 0 unspecified atom stereocenters. The number of nitrogens with zero attached hydrogens (tertiary/aromatic N) is 4. The molecule has 7 heteroatoms. The number of fused-ring (bicyclic) bond motifs is 1. The average Bonchev–Trinajstić information content (AvgIpc) is 3.10. The molecule has 3 heterocycles. The third-order valence-corrected chi connectivity index (χ3v) is 6.54. The Balaban J connectivity index is 1.42. The molecule has 1 aromatic carbocycles. The third-order valence-electron chi connectivity index (χ3n) is 6.21. The summed E-state index contributed by atoms with van der Waals surface area (Å²) in [4.78, 5) is 11.7. The van der Waals surface area contributed by atoms with Gasteiger partial charge in [-0.1, -0.05) is 29.8 Å². The molecular formula is C19H21ClN6. The normalized spacial score (nSPS) is 21.9. The number of anilines is 1. The predicted molar refractivity (Wildman–Crippen MR) is 103 cm³/mol. The summed E-state index contributed by atoms with van der Waals surface area (Å²) in [6.45, 7) is 1.97. The van der Waals surface area contributed by atoms with E-state index in [-0.39, 0.29) is 0 Å². The molecule has 1 aliphatic heterocycles. The van der Waals surface area contributed by atoms with Crippen molar-refractivity contribution in [2.24, 2.45) is 11.1 Å². The minimum Gasteiger partial charge on any atom is -0.355 e. The van der Waals surface area contributed by atoms with E-state index >= 15 is 0 Å². The summed E-state index contributed by atoms with van der Waals surface area (Å²) in [5.41, 5.74) is 9.66. The zero-order valence-corrected chi connectivity index (χ0v) is 15.2. The highest BCUT2D eigenvalue weighted by Crippen LogP contribution is 2.48. The molecule has 1 atom stereocenters. The van der Waals surface area contributed by atoms with Crippen LogP contribution in [-0.4, -0.2) is 39.3 Å². The van der Waals surface area contributed by atoms with Crippen molar-refractivity contribution >= 4 is 28.6 Å². The minimum absolute atomic E-state index is 0.374. The number of aromatic amines is 1. The highest BCUT2D eigenvalue weighted by Gasteiger charge is 2.46. The topological polar surface area (TPSA) is 83.7 Å². The van der Waals surface area contributed by atoms with E-state index in [1.807, 2.05) is 30.5 Å². The second-order valence-corrected chi connectivity index (χ2v) is 7.88. The Hall–Kier alpha value is -2.18. The quantitative estimate of drug-likeness (QED) is 0.724. The fraction of sp³-hybridized carbons (Fsp3) is 0.421. The lowest BCUT2D eigenvalue weighted by molar-refractivity contribution is 0.0610. The summed E-state index contributed by atoms with van der Waals surface area (Å²) in [7, 11) is 0. The van der Waals surface area contributed by atoms with Crippen LogP contribution in [0.15, 0.2) is 30.5 Å². The van der Waals surface area contributed by atoms with E-state index < -0.39 is 0 Å². The number of halogens is 1. The first-order valence-electron chi connectivity index (χ1n) is 9.13. The van der Waals surface area contributed by atoms with Crippen LogP contribution in [0.2, 0.25) is 5.02 Å². The number of benzene rings is 1. The van der Waals surface area contributed by atoms with Gasteiger partial charge in [0.25, 0.3) is 0 Å². The molecule has 2 fully saturated rings. The second-order valence-electron chi connectivity index (χ2n) is 7.47. The first-order chi connectivity index (χ1) is 12.7. The Morgan fingerprint density at radius 1 is 1.19 bits per heavy atom. The standard InChI is InChI=1S/C19H21ClN6/c20-13-4-2-1-3-12(13)16-17-18(25-24-16)23-15(11-22-17)26-9-7-19(8-10-26)6-5-14(19)21/h1-4,11,14H,5-10,21H2,(H,23,24,25)/t14-/m0/s1. The Labute approximate surface area is 156 Å². The molecule has 0 radical (unpaired) electrons. The number of aromatic nitrogens is 4. The minimum atomic E-state index is 0.374. The van der Waals surface area contributed by atoms with Crippen LogP contribution in [0.3, 0.4) is 0 Å². The van der Waals surface area contributed by atoms with Gasteiger partial charge in [-0.25, -0.2) is 9.97 Å². The maximum atomic E-state index is 6.31. The van der Waals surface area contributed by atoms with Gasteiger partial charge in [-0.05, 0) is 37.2 Å². The SMILES string of the molecule is N[C@H]1CCC12CCN(c1cnc3c(-c4ccccc4Cl)n[nH]c3n1)CC2. The fourth-order valence-electron chi connectivity index (χ4n) is 4.31. The first-order valence-corrected chi connectivity index (χ1v) is 9.51. The summed E-state index contributed by atoms with van der Waals surface area (Å²) in [6, 6.07) is 8.02. The van der Waals surface area contributed by atoms with Gasteiger partial charge in [0.2, 0.25) is 0 Å². The maximum absolute atomic E-state index is 6.31. The summed E-state index contributed by atoms with van der Waals surface area (Å²) in [5, 5.41) is 8.07. The maximum Gasteiger partial charge on any atom is 0.177 e. The molecule has 5 rings (SSSR count). The van der Waals surface area contributed by atoms with Gasteiger partial charge in [-0.15, -0.1) is 0 Å². The van der Waals surface area contributed by atoms with Gasteiger partial charge >= 0.3 is 0 Å². The first kappa shape index (κ1) is 16.0. The van der Waals surface area contributed by atoms with Crippen LogP contribution in [0.4, 0.5) is 5.82 Å². The molecule has 1 aliphatic carbocycles. The number of nitrogens with two attached hydrogens (primary N) is 1. The van der Waals surface area contributed by atoms with Crippen molar-refractivity contribution in [3.05, 3.63) is 35.5 Å². The molecule has 6 nitrogen and oxygen atoms in total. The molecule has 2 aromatic heterocycles. The van der Waals surface area contributed by atoms with E-state index in [2.05, 4.69) is 20.1 Å². The van der Waals surface area contributed by atoms with Gasteiger partial charge in [-0.2, -0.15) is 5.10 Å². The van der Waals surface area contributed by atoms with Crippen molar-refractivity contribution in [3.63, 3.8) is 0 Å². The molecule has 134 valence electrons. The van der Waals surface area contributed by atoms with Gasteiger partial charge in [0.1, 0.15) is 17.0 Å². The van der Waals surface area contributed by atoms with E-state index in [0.29, 0.717) is 22.1 Å². The van der Waals surface area contributed by atoms with Gasteiger partial charge in [0, 0.05) is 24.7 Å². The van der Waals surface area contributed by atoms with Crippen molar-refractivity contribution in [3.8, 4) is 11.3 Å². The van der Waals surface area contributed by atoms with Crippen molar-refractivity contribution in [1.29, 1.82) is 0 Å². The number of piperidine rings is 1. The Bertz CT molecular complexity index is 960. The molecule has 1 spiro atoms. The number of H-pyrrole nitrogens is 1. The number of hydrogen-bond acceptors (Lipinski definition) is 5. The number of hydrogen-bond donors (Lipinski definition) is 2. The molecule has 3 aromatic rings. The van der Waals surface area contributed by atoms with E-state index in [1.54, 1.807) is 0 Å². The number of nitrogens with one attached hydrogen (secondary N) is 1. The molecule has 0 amide bonds. The Morgan fingerprint density at radius 3 is 2.69 bits per heavy atom. The van der Waals surface area contributed by atoms with Crippen molar-refractivity contribution in [1.82, 2.24) is 20.2 Å². The fourth-order valence-corrected chi connectivity index (χ4v) is 4.53. The molecule has 1 saturated carbocycles. The molecule has 0 bridgehead atoms. The highest BCUT2D eigenvalue weighted by molar-refractivity contribution is 6.33. The summed E-state index contributed by atoms with van der Waals surface area (Å²) < 4.78 is 0. The summed E-state index contributed by atoms with van der Waals surface area (Å²) >= 11 is 6.31. The molecule has 1 saturated heterocycles. The molecule has 3 N–H and O–H groups in total. The van der Waals surface area contributed by atoms with Crippen LogP contribution < -0.4 is 10.6 Å². The highest BCUT2D eigenvalue weighted by atomic mass is 35.5. The Morgan fingerprint density at radius 2 is 2.00 bits per heavy atom. The van der Waals surface area contributed by atoms with Gasteiger partial charge in [0.05, 0.1) is 11.2 Å². The van der Waals surface area contributed by atoms with Crippen molar-refractivity contribution < 1.29 is 0 Å². The van der Waals surface area contributed by atoms with E-state index in [4.69, 9.17) is 22.3 Å². The lowest BCUT2D eigenvalue weighted by Crippen LogP contribution is -2.56. The molecular weight excluding hydrogens is 348 g/mol. The van der Waals surface area contributed by atoms with Crippen molar-refractivity contribution in [2.45, 2.75) is 31.7 Å². The zero-order chi connectivity index (χ0) is 17.7. The van der Waals surface area contributed by atoms with Crippen LogP contribution >= 0.6 is 11.6 Å². The smallest absolute Gasteiger partial charge is 0.177 e. The lowest BCUT2D eigenvalue weighted by Gasteiger charge is -2.52. The van der Waals surface area contributed by atoms with Gasteiger partial charge < -0.3 is 10.6 Å². The van der Waals surface area contributed by atoms with Crippen molar-refractivity contribution in [2.75, 3.05) is 18.0 Å². The monoisotopic (exact) mass is 368 g/mol. The summed E-state index contributed by atoms with van der Waals surface area (Å²) in [6.07, 6.45) is 6.57. The van der Waals surface area contributed by atoms with Crippen LogP contribution in [0.5, 0.6) is 0 Å². The molecule has 26 heavy (non-hydrogen) atoms. The van der Waals surface area contributed by atoms with Crippen LogP contribution in [0, 0.1) is 5.41 Å². The van der Waals surface area contributed by atoms with E-state index in [0.717, 1.165) is 48.5 Å². The third kappa shape index (κ3) is 2.40. The Kier molecular flexibility index (Phi) is 3.65. The van der Waals surface area contributed by atoms with Crippen LogP contribution in [0.1, 0.15) is 25.7 Å². The van der Waals surface area contributed by atoms with E-state index in [9.17, 15) is 0 Å². The zero-order valence-electron chi connectivity index (χ0n) is 14.5. The second kappa shape index (κ2) is 5.93. The van der Waals surface area contributed by atoms with Crippen LogP contribution in [0.25, 0.3) is 22.4 Å².